The number of aromatic nitrogens is 2. The fourth-order valence-electron chi connectivity index (χ4n) is 4.02. The molecule has 2 aliphatic heterocycles. The molecule has 0 unspecified atom stereocenters. The van der Waals surface area contributed by atoms with Crippen molar-refractivity contribution in [3.05, 3.63) is 52.8 Å². The van der Waals surface area contributed by atoms with Gasteiger partial charge in [-0.05, 0) is 31.3 Å². The molecule has 4 rings (SSSR count). The Balaban J connectivity index is 1.70. The van der Waals surface area contributed by atoms with Gasteiger partial charge in [0.1, 0.15) is 0 Å². The van der Waals surface area contributed by atoms with Crippen molar-refractivity contribution in [2.75, 3.05) is 33.8 Å². The molecule has 3 heterocycles. The molecule has 0 spiro atoms. The molecule has 1 saturated heterocycles. The molecular weight excluding hydrogens is 344 g/mol. The molecule has 0 aliphatic carbocycles. The van der Waals surface area contributed by atoms with E-state index < -0.39 is 0 Å². The summed E-state index contributed by atoms with van der Waals surface area (Å²) >= 11 is 0. The largest absolute Gasteiger partial charge is 0.373 e. The Morgan fingerprint density at radius 1 is 1.33 bits per heavy atom. The lowest BCUT2D eigenvalue weighted by Crippen LogP contribution is -2.51. The molecule has 2 aromatic rings. The summed E-state index contributed by atoms with van der Waals surface area (Å²) in [4.78, 5) is 17.6. The first-order valence-electron chi connectivity index (χ1n) is 9.29. The maximum Gasteiger partial charge on any atom is 0.254 e. The molecule has 1 aromatic heterocycles. The maximum atomic E-state index is 13.6. The number of morpholine rings is 1. The van der Waals surface area contributed by atoms with Gasteiger partial charge < -0.3 is 19.3 Å². The Labute approximate surface area is 159 Å². The van der Waals surface area contributed by atoms with E-state index in [4.69, 9.17) is 9.47 Å². The van der Waals surface area contributed by atoms with E-state index in [1.807, 2.05) is 56.6 Å². The number of likely N-dealkylation sites (N-methyl/N-ethyl adjacent to an activating group) is 1. The quantitative estimate of drug-likeness (QED) is 0.818. The molecule has 1 fully saturated rings. The summed E-state index contributed by atoms with van der Waals surface area (Å²) in [6.45, 7) is 2.91. The van der Waals surface area contributed by atoms with Crippen molar-refractivity contribution in [1.29, 1.82) is 0 Å². The average Bonchev–Trinajstić information content (AvgIpc) is 3.29. The first-order chi connectivity index (χ1) is 13.0. The van der Waals surface area contributed by atoms with Crippen molar-refractivity contribution in [3.8, 4) is 0 Å². The van der Waals surface area contributed by atoms with Crippen molar-refractivity contribution in [2.45, 2.75) is 25.4 Å². The molecular formula is C20H26N4O3. The number of carbonyl (C=O) groups is 1. The normalized spacial score (nSPS) is 22.3. The predicted molar refractivity (Wildman–Crippen MR) is 100 cm³/mol. The van der Waals surface area contributed by atoms with Gasteiger partial charge >= 0.3 is 0 Å². The number of carbonyl (C=O) groups excluding carboxylic acids is 1. The van der Waals surface area contributed by atoms with Crippen LogP contribution in [-0.4, -0.2) is 65.4 Å². The van der Waals surface area contributed by atoms with Gasteiger partial charge in [-0.1, -0.05) is 12.1 Å². The van der Waals surface area contributed by atoms with Crippen LogP contribution in [-0.2, 0) is 29.7 Å². The standard InChI is InChI=1S/C20H26N4O3/c1-22(2)11-18-19(15-9-21-23(3)10-15)24(7-8-27-18)20(25)16-6-4-5-14-12-26-13-17(14)16/h4-6,9-10,18-19H,7-8,11-13H2,1-3H3/t18-,19-/m0/s1. The molecule has 0 saturated carbocycles. The van der Waals surface area contributed by atoms with Gasteiger partial charge in [-0.25, -0.2) is 0 Å². The third-order valence-corrected chi connectivity index (χ3v) is 5.23. The van der Waals surface area contributed by atoms with Crippen molar-refractivity contribution in [2.24, 2.45) is 7.05 Å². The van der Waals surface area contributed by atoms with Crippen LogP contribution in [0, 0.1) is 0 Å². The molecule has 7 heteroatoms. The van der Waals surface area contributed by atoms with E-state index in [9.17, 15) is 4.79 Å². The lowest BCUT2D eigenvalue weighted by atomic mass is 9.97. The zero-order valence-electron chi connectivity index (χ0n) is 16.1. The maximum absolute atomic E-state index is 13.6. The molecule has 7 nitrogen and oxygen atoms in total. The third kappa shape index (κ3) is 3.50. The summed E-state index contributed by atoms with van der Waals surface area (Å²) < 4.78 is 13.4. The van der Waals surface area contributed by atoms with E-state index in [1.54, 1.807) is 4.68 Å². The summed E-state index contributed by atoms with van der Waals surface area (Å²) in [5, 5.41) is 4.32. The van der Waals surface area contributed by atoms with Crippen LogP contribution in [0.25, 0.3) is 0 Å². The zero-order chi connectivity index (χ0) is 19.0. The van der Waals surface area contributed by atoms with Gasteiger partial charge in [-0.15, -0.1) is 0 Å². The van der Waals surface area contributed by atoms with Crippen molar-refractivity contribution >= 4 is 5.91 Å². The number of benzene rings is 1. The van der Waals surface area contributed by atoms with E-state index in [0.717, 1.165) is 28.8 Å². The van der Waals surface area contributed by atoms with Gasteiger partial charge in [0.05, 0.1) is 38.2 Å². The van der Waals surface area contributed by atoms with E-state index in [1.165, 1.54) is 0 Å². The molecule has 27 heavy (non-hydrogen) atoms. The Morgan fingerprint density at radius 3 is 2.93 bits per heavy atom. The van der Waals surface area contributed by atoms with E-state index in [0.29, 0.717) is 26.4 Å². The highest BCUT2D eigenvalue weighted by atomic mass is 16.5. The van der Waals surface area contributed by atoms with E-state index in [-0.39, 0.29) is 18.1 Å². The number of ether oxygens (including phenoxy) is 2. The van der Waals surface area contributed by atoms with Crippen molar-refractivity contribution in [3.63, 3.8) is 0 Å². The zero-order valence-corrected chi connectivity index (χ0v) is 16.1. The predicted octanol–water partition coefficient (Wildman–Crippen LogP) is 1.59. The lowest BCUT2D eigenvalue weighted by molar-refractivity contribution is -0.0685. The number of hydrogen-bond acceptors (Lipinski definition) is 5. The Bertz CT molecular complexity index is 832. The fraction of sp³-hybridized carbons (Fsp3) is 0.500. The SMILES string of the molecule is CN(C)C[C@@H]1OCCN(C(=O)c2cccc3c2COC3)[C@H]1c1cnn(C)c1. The molecule has 0 N–H and O–H groups in total. The Morgan fingerprint density at radius 2 is 2.19 bits per heavy atom. The highest BCUT2D eigenvalue weighted by Gasteiger charge is 2.38. The summed E-state index contributed by atoms with van der Waals surface area (Å²) in [6, 6.07) is 5.72. The minimum Gasteiger partial charge on any atom is -0.373 e. The number of rotatable bonds is 4. The molecule has 1 amide bonds. The second kappa shape index (κ2) is 7.42. The van der Waals surface area contributed by atoms with Gasteiger partial charge in [0.25, 0.3) is 5.91 Å². The third-order valence-electron chi connectivity index (χ3n) is 5.23. The molecule has 2 atom stereocenters. The first kappa shape index (κ1) is 18.2. The highest BCUT2D eigenvalue weighted by molar-refractivity contribution is 5.96. The number of aryl methyl sites for hydroxylation is 1. The molecule has 0 bridgehead atoms. The van der Waals surface area contributed by atoms with Crippen molar-refractivity contribution in [1.82, 2.24) is 19.6 Å². The van der Waals surface area contributed by atoms with Gasteiger partial charge in [-0.3, -0.25) is 9.48 Å². The van der Waals surface area contributed by atoms with E-state index >= 15 is 0 Å². The van der Waals surface area contributed by atoms with Crippen LogP contribution in [0.5, 0.6) is 0 Å². The minimum atomic E-state index is -0.166. The summed E-state index contributed by atoms with van der Waals surface area (Å²) in [6.07, 6.45) is 3.71. The lowest BCUT2D eigenvalue weighted by Gasteiger charge is -2.42. The smallest absolute Gasteiger partial charge is 0.254 e. The number of fused-ring (bicyclic) bond motifs is 1. The van der Waals surface area contributed by atoms with Crippen LogP contribution in [0.2, 0.25) is 0 Å². The van der Waals surface area contributed by atoms with Crippen LogP contribution in [0.1, 0.15) is 33.1 Å². The van der Waals surface area contributed by atoms with Crippen LogP contribution < -0.4 is 0 Å². The summed E-state index contributed by atoms with van der Waals surface area (Å²) in [7, 11) is 5.93. The Kier molecular flexibility index (Phi) is 4.99. The molecule has 2 aliphatic rings. The highest BCUT2D eigenvalue weighted by Crippen LogP contribution is 2.33. The fourth-order valence-corrected chi connectivity index (χ4v) is 4.02. The molecule has 1 aromatic carbocycles. The van der Waals surface area contributed by atoms with Gasteiger partial charge in [0, 0.05) is 37.5 Å². The summed E-state index contributed by atoms with van der Waals surface area (Å²) in [5.41, 5.74) is 3.87. The van der Waals surface area contributed by atoms with Crippen LogP contribution >= 0.6 is 0 Å². The van der Waals surface area contributed by atoms with Gasteiger partial charge in [0.15, 0.2) is 0 Å². The minimum absolute atomic E-state index is 0.0401. The van der Waals surface area contributed by atoms with Crippen LogP contribution in [0.15, 0.2) is 30.6 Å². The topological polar surface area (TPSA) is 59.8 Å². The monoisotopic (exact) mass is 370 g/mol. The van der Waals surface area contributed by atoms with Gasteiger partial charge in [-0.2, -0.15) is 5.10 Å². The van der Waals surface area contributed by atoms with Gasteiger partial charge in [0.2, 0.25) is 0 Å². The summed E-state index contributed by atoms with van der Waals surface area (Å²) in [5.74, 6) is 0.0401. The van der Waals surface area contributed by atoms with Crippen LogP contribution in [0.4, 0.5) is 0 Å². The first-order valence-corrected chi connectivity index (χ1v) is 9.29. The second-order valence-electron chi connectivity index (χ2n) is 7.50. The number of hydrogen-bond donors (Lipinski definition) is 0. The molecule has 0 radical (unpaired) electrons. The number of nitrogens with zero attached hydrogens (tertiary/aromatic N) is 4. The molecule has 144 valence electrons. The second-order valence-corrected chi connectivity index (χ2v) is 7.50. The number of amides is 1. The Hall–Kier alpha value is -2.22. The van der Waals surface area contributed by atoms with Crippen molar-refractivity contribution < 1.29 is 14.3 Å². The van der Waals surface area contributed by atoms with Crippen LogP contribution in [0.3, 0.4) is 0 Å². The van der Waals surface area contributed by atoms with E-state index in [2.05, 4.69) is 10.00 Å². The average molecular weight is 370 g/mol.